The number of nitrogens with one attached hydrogen (secondary N) is 2. The third kappa shape index (κ3) is 6.27. The van der Waals surface area contributed by atoms with Gasteiger partial charge in [0.2, 0.25) is 0 Å². The number of carbonyl (C=O) groups excluding carboxylic acids is 1. The molecule has 0 radical (unpaired) electrons. The van der Waals surface area contributed by atoms with E-state index in [-0.39, 0.29) is 12.5 Å². The largest absolute Gasteiger partial charge is 0.481 e. The van der Waals surface area contributed by atoms with Crippen molar-refractivity contribution in [3.8, 4) is 6.07 Å². The number of urea groups is 1. The molecule has 1 aromatic rings. The summed E-state index contributed by atoms with van der Waals surface area (Å²) in [5.41, 5.74) is 0.786. The Labute approximate surface area is 131 Å². The summed E-state index contributed by atoms with van der Waals surface area (Å²) in [6, 6.07) is 6.40. The number of carboxylic acids is 1. The zero-order valence-electron chi connectivity index (χ0n) is 11.5. The number of benzene rings is 1. The molecule has 1 atom stereocenters. The molecule has 0 aromatic heterocycles. The molecule has 6 nitrogen and oxygen atoms in total. The molecule has 0 aliphatic carbocycles. The summed E-state index contributed by atoms with van der Waals surface area (Å²) in [6.07, 6.45) is 1.15. The zero-order valence-corrected chi connectivity index (χ0v) is 13.1. The minimum Gasteiger partial charge on any atom is -0.481 e. The molecular weight excluding hydrogens is 338 g/mol. The number of hydrogen-bond donors (Lipinski definition) is 3. The molecule has 0 aliphatic heterocycles. The van der Waals surface area contributed by atoms with Crippen molar-refractivity contribution in [1.82, 2.24) is 5.32 Å². The highest BCUT2D eigenvalue weighted by atomic mass is 79.9. The second kappa shape index (κ2) is 8.27. The molecule has 2 amide bonds. The Bertz CT molecular complexity index is 569. The number of nitrogens with zero attached hydrogens (tertiary/aromatic N) is 1. The summed E-state index contributed by atoms with van der Waals surface area (Å²) in [7, 11) is 0. The molecule has 0 fully saturated rings. The number of halogens is 1. The lowest BCUT2D eigenvalue weighted by Gasteiger charge is -2.14. The molecule has 0 aliphatic rings. The van der Waals surface area contributed by atoms with Crippen molar-refractivity contribution in [3.63, 3.8) is 0 Å². The topological polar surface area (TPSA) is 102 Å². The number of amides is 2. The molecule has 1 rings (SSSR count). The fourth-order valence-corrected chi connectivity index (χ4v) is 2.09. The van der Waals surface area contributed by atoms with Gasteiger partial charge in [0.25, 0.3) is 0 Å². The molecule has 0 saturated heterocycles. The Kier molecular flexibility index (Phi) is 6.69. The summed E-state index contributed by atoms with van der Waals surface area (Å²) in [6.45, 7) is 1.80. The highest BCUT2D eigenvalue weighted by molar-refractivity contribution is 9.10. The maximum atomic E-state index is 11.8. The fourth-order valence-electron chi connectivity index (χ4n) is 1.73. The number of aliphatic carboxylic acids is 1. The van der Waals surface area contributed by atoms with Crippen molar-refractivity contribution >= 4 is 33.6 Å². The predicted octanol–water partition coefficient (Wildman–Crippen LogP) is 3.09. The first-order valence-corrected chi connectivity index (χ1v) is 7.20. The monoisotopic (exact) mass is 353 g/mol. The number of nitriles is 1. The van der Waals surface area contributed by atoms with Gasteiger partial charge in [-0.15, -0.1) is 0 Å². The first-order chi connectivity index (χ1) is 9.92. The number of rotatable bonds is 6. The van der Waals surface area contributed by atoms with Crippen molar-refractivity contribution < 1.29 is 14.7 Å². The Morgan fingerprint density at radius 2 is 2.19 bits per heavy atom. The van der Waals surface area contributed by atoms with Crippen LogP contribution in [0.1, 0.15) is 31.7 Å². The van der Waals surface area contributed by atoms with Crippen molar-refractivity contribution in [2.24, 2.45) is 0 Å². The lowest BCUT2D eigenvalue weighted by molar-refractivity contribution is -0.137. The quantitative estimate of drug-likeness (QED) is 0.730. The van der Waals surface area contributed by atoms with Crippen LogP contribution in [0.2, 0.25) is 0 Å². The van der Waals surface area contributed by atoms with Crippen LogP contribution in [-0.2, 0) is 4.79 Å². The lowest BCUT2D eigenvalue weighted by Crippen LogP contribution is -2.36. The third-order valence-electron chi connectivity index (χ3n) is 2.76. The summed E-state index contributed by atoms with van der Waals surface area (Å²) in [5, 5.41) is 22.9. The van der Waals surface area contributed by atoms with Crippen molar-refractivity contribution in [2.75, 3.05) is 5.32 Å². The first kappa shape index (κ1) is 17.0. The van der Waals surface area contributed by atoms with Crippen molar-refractivity contribution in [2.45, 2.75) is 32.2 Å². The predicted molar refractivity (Wildman–Crippen MR) is 82.0 cm³/mol. The van der Waals surface area contributed by atoms with E-state index in [9.17, 15) is 9.59 Å². The fraction of sp³-hybridized carbons (Fsp3) is 0.357. The molecular formula is C14H16BrN3O3. The summed E-state index contributed by atoms with van der Waals surface area (Å²) < 4.78 is 0.756. The SMILES string of the molecule is CC(CCCC(=O)O)NC(=O)Nc1cc(Br)ccc1C#N. The maximum absolute atomic E-state index is 11.8. The van der Waals surface area contributed by atoms with Crippen LogP contribution < -0.4 is 10.6 Å². The Balaban J connectivity index is 2.52. The number of anilines is 1. The first-order valence-electron chi connectivity index (χ1n) is 6.41. The van der Waals surface area contributed by atoms with Gasteiger partial charge in [-0.05, 0) is 38.0 Å². The summed E-state index contributed by atoms with van der Waals surface area (Å²) in [5.74, 6) is -0.848. The molecule has 1 unspecified atom stereocenters. The maximum Gasteiger partial charge on any atom is 0.319 e. The third-order valence-corrected chi connectivity index (χ3v) is 3.25. The molecule has 1 aromatic carbocycles. The van der Waals surface area contributed by atoms with Crippen LogP contribution in [0.5, 0.6) is 0 Å². The van der Waals surface area contributed by atoms with Gasteiger partial charge in [-0.1, -0.05) is 15.9 Å². The second-order valence-electron chi connectivity index (χ2n) is 4.59. The average molecular weight is 354 g/mol. The van der Waals surface area contributed by atoms with Gasteiger partial charge in [0.05, 0.1) is 11.3 Å². The van der Waals surface area contributed by atoms with Crippen LogP contribution in [0.15, 0.2) is 22.7 Å². The van der Waals surface area contributed by atoms with Crippen LogP contribution in [0, 0.1) is 11.3 Å². The number of carboxylic acid groups (broad SMARTS) is 1. The zero-order chi connectivity index (χ0) is 15.8. The number of hydrogen-bond acceptors (Lipinski definition) is 3. The number of carbonyl (C=O) groups is 2. The second-order valence-corrected chi connectivity index (χ2v) is 5.50. The van der Waals surface area contributed by atoms with E-state index >= 15 is 0 Å². The van der Waals surface area contributed by atoms with Crippen LogP contribution >= 0.6 is 15.9 Å². The Morgan fingerprint density at radius 1 is 1.48 bits per heavy atom. The summed E-state index contributed by atoms with van der Waals surface area (Å²) in [4.78, 5) is 22.2. The normalized spacial score (nSPS) is 11.3. The van der Waals surface area contributed by atoms with Crippen LogP contribution in [0.4, 0.5) is 10.5 Å². The average Bonchev–Trinajstić information content (AvgIpc) is 2.38. The van der Waals surface area contributed by atoms with E-state index in [1.165, 1.54) is 0 Å². The van der Waals surface area contributed by atoms with Crippen molar-refractivity contribution in [3.05, 3.63) is 28.2 Å². The Hall–Kier alpha value is -2.07. The standard InChI is InChI=1S/C14H16BrN3O3/c1-9(3-2-4-13(19)20)17-14(21)18-12-7-11(15)6-5-10(12)8-16/h5-7,9H,2-4H2,1H3,(H,19,20)(H2,17,18,21). The van der Waals surface area contributed by atoms with E-state index in [4.69, 9.17) is 10.4 Å². The van der Waals surface area contributed by atoms with E-state index in [1.54, 1.807) is 25.1 Å². The molecule has 0 bridgehead atoms. The molecule has 0 saturated carbocycles. The van der Waals surface area contributed by atoms with E-state index in [0.29, 0.717) is 24.1 Å². The van der Waals surface area contributed by atoms with Gasteiger partial charge in [-0.2, -0.15) is 5.26 Å². The van der Waals surface area contributed by atoms with Gasteiger partial charge in [-0.3, -0.25) is 4.79 Å². The van der Waals surface area contributed by atoms with Gasteiger partial charge >= 0.3 is 12.0 Å². The minimum atomic E-state index is -0.848. The Morgan fingerprint density at radius 3 is 2.81 bits per heavy atom. The molecule has 112 valence electrons. The molecule has 7 heteroatoms. The minimum absolute atomic E-state index is 0.0812. The molecule has 0 heterocycles. The lowest BCUT2D eigenvalue weighted by atomic mass is 10.1. The highest BCUT2D eigenvalue weighted by Gasteiger charge is 2.10. The van der Waals surface area contributed by atoms with Crippen LogP contribution in [0.3, 0.4) is 0 Å². The van der Waals surface area contributed by atoms with Crippen molar-refractivity contribution in [1.29, 1.82) is 5.26 Å². The van der Waals surface area contributed by atoms with Gasteiger partial charge in [0.15, 0.2) is 0 Å². The van der Waals surface area contributed by atoms with E-state index in [1.807, 2.05) is 6.07 Å². The van der Waals surface area contributed by atoms with Crippen LogP contribution in [-0.4, -0.2) is 23.1 Å². The van der Waals surface area contributed by atoms with Gasteiger partial charge in [0.1, 0.15) is 6.07 Å². The van der Waals surface area contributed by atoms with E-state index in [2.05, 4.69) is 26.6 Å². The summed E-state index contributed by atoms with van der Waals surface area (Å²) >= 11 is 3.28. The highest BCUT2D eigenvalue weighted by Crippen LogP contribution is 2.20. The molecule has 21 heavy (non-hydrogen) atoms. The van der Waals surface area contributed by atoms with Gasteiger partial charge in [-0.25, -0.2) is 4.79 Å². The smallest absolute Gasteiger partial charge is 0.319 e. The van der Waals surface area contributed by atoms with E-state index in [0.717, 1.165) is 4.47 Å². The van der Waals surface area contributed by atoms with Gasteiger partial charge in [0, 0.05) is 16.9 Å². The van der Waals surface area contributed by atoms with E-state index < -0.39 is 12.0 Å². The molecule has 3 N–H and O–H groups in total. The molecule has 0 spiro atoms. The van der Waals surface area contributed by atoms with Gasteiger partial charge < -0.3 is 15.7 Å². The van der Waals surface area contributed by atoms with Crippen LogP contribution in [0.25, 0.3) is 0 Å².